The molecule has 0 N–H and O–H groups in total. The van der Waals surface area contributed by atoms with E-state index in [-0.39, 0.29) is 5.82 Å². The molecule has 3 heteroatoms. The van der Waals surface area contributed by atoms with Gasteiger partial charge >= 0.3 is 0 Å². The third-order valence-electron chi connectivity index (χ3n) is 5.32. The number of hydrogen-bond donors (Lipinski definition) is 0. The molecule has 0 radical (unpaired) electrons. The summed E-state index contributed by atoms with van der Waals surface area (Å²) in [6.07, 6.45) is 2.03. The number of nitrogens with zero attached hydrogens (tertiary/aromatic N) is 1. The van der Waals surface area contributed by atoms with Crippen molar-refractivity contribution >= 4 is 21.9 Å². The molecule has 5 aromatic rings. The van der Waals surface area contributed by atoms with Gasteiger partial charge in [0, 0.05) is 28.5 Å². The summed E-state index contributed by atoms with van der Waals surface area (Å²) in [5, 5.41) is 1.74. The highest BCUT2D eigenvalue weighted by molar-refractivity contribution is 6.07. The van der Waals surface area contributed by atoms with E-state index in [0.717, 1.165) is 38.7 Å². The number of aromatic nitrogens is 1. The molecule has 0 atom stereocenters. The molecule has 0 aliphatic heterocycles. The highest BCUT2D eigenvalue weighted by Gasteiger charge is 2.17. The highest BCUT2D eigenvalue weighted by atomic mass is 19.1. The fourth-order valence-electron chi connectivity index (χ4n) is 3.87. The van der Waals surface area contributed by atoms with E-state index in [9.17, 15) is 4.39 Å². The van der Waals surface area contributed by atoms with Crippen LogP contribution >= 0.6 is 0 Å². The van der Waals surface area contributed by atoms with Gasteiger partial charge in [-0.15, -0.1) is 0 Å². The monoisotopic (exact) mass is 368 g/mol. The van der Waals surface area contributed by atoms with Gasteiger partial charge in [0.2, 0.25) is 5.69 Å². The van der Waals surface area contributed by atoms with Crippen LogP contribution in [0.2, 0.25) is 0 Å². The number of fused-ring (bicyclic) bond motifs is 3. The van der Waals surface area contributed by atoms with Gasteiger partial charge in [-0.1, -0.05) is 30.3 Å². The minimum absolute atomic E-state index is 0.238. The lowest BCUT2D eigenvalue weighted by atomic mass is 9.99. The van der Waals surface area contributed by atoms with Gasteiger partial charge in [0.1, 0.15) is 24.0 Å². The van der Waals surface area contributed by atoms with Crippen LogP contribution in [-0.2, 0) is 7.05 Å². The lowest BCUT2D eigenvalue weighted by molar-refractivity contribution is -0.660. The minimum atomic E-state index is -0.238. The van der Waals surface area contributed by atoms with Gasteiger partial charge in [0.15, 0.2) is 6.20 Å². The molecule has 5 rings (SSSR count). The van der Waals surface area contributed by atoms with E-state index in [1.165, 1.54) is 0 Å². The first kappa shape index (κ1) is 16.7. The molecule has 0 aliphatic carbocycles. The van der Waals surface area contributed by atoms with Crippen molar-refractivity contribution < 1.29 is 13.4 Å². The summed E-state index contributed by atoms with van der Waals surface area (Å²) in [6, 6.07) is 23.2. The molecule has 3 aromatic carbocycles. The second-order valence-corrected chi connectivity index (χ2v) is 7.16. The average Bonchev–Trinajstić information content (AvgIpc) is 3.04. The second-order valence-electron chi connectivity index (χ2n) is 7.16. The summed E-state index contributed by atoms with van der Waals surface area (Å²) in [6.45, 7) is 2.08. The van der Waals surface area contributed by atoms with Crippen molar-refractivity contribution in [2.24, 2.45) is 7.05 Å². The summed E-state index contributed by atoms with van der Waals surface area (Å²) in [5.74, 6) is -0.238. The highest BCUT2D eigenvalue weighted by Crippen LogP contribution is 2.36. The number of halogens is 1. The molecule has 2 aromatic heterocycles. The molecular formula is C25H19FNO+. The lowest BCUT2D eigenvalue weighted by Gasteiger charge is -2.04. The molecule has 0 bridgehead atoms. The Morgan fingerprint density at radius 3 is 2.21 bits per heavy atom. The first-order valence-corrected chi connectivity index (χ1v) is 9.29. The van der Waals surface area contributed by atoms with E-state index < -0.39 is 0 Å². The van der Waals surface area contributed by atoms with Crippen molar-refractivity contribution in [1.29, 1.82) is 0 Å². The molecular weight excluding hydrogens is 349 g/mol. The molecule has 0 saturated heterocycles. The average molecular weight is 368 g/mol. The topological polar surface area (TPSA) is 17.0 Å². The Kier molecular flexibility index (Phi) is 3.76. The van der Waals surface area contributed by atoms with Gasteiger partial charge in [-0.05, 0) is 48.4 Å². The number of benzene rings is 3. The smallest absolute Gasteiger partial charge is 0.212 e. The largest absolute Gasteiger partial charge is 0.456 e. The van der Waals surface area contributed by atoms with E-state index in [0.29, 0.717) is 11.1 Å². The maximum absolute atomic E-state index is 14.9. The van der Waals surface area contributed by atoms with Crippen LogP contribution < -0.4 is 4.57 Å². The van der Waals surface area contributed by atoms with Crippen LogP contribution in [0.5, 0.6) is 0 Å². The Bertz CT molecular complexity index is 1340. The number of pyridine rings is 1. The SMILES string of the molecule is Cc1cc2c(cc1-c1cccc[n+]1C)oc1cc(-c3ccccc3)c(F)cc12. The van der Waals surface area contributed by atoms with Crippen molar-refractivity contribution in [3.63, 3.8) is 0 Å². The summed E-state index contributed by atoms with van der Waals surface area (Å²) >= 11 is 0. The zero-order chi connectivity index (χ0) is 19.3. The molecule has 2 heterocycles. The summed E-state index contributed by atoms with van der Waals surface area (Å²) < 4.78 is 23.1. The van der Waals surface area contributed by atoms with Crippen molar-refractivity contribution in [3.05, 3.63) is 90.4 Å². The third-order valence-corrected chi connectivity index (χ3v) is 5.32. The van der Waals surface area contributed by atoms with Crippen LogP contribution in [0.3, 0.4) is 0 Å². The van der Waals surface area contributed by atoms with Gasteiger partial charge in [0.05, 0.1) is 5.56 Å². The number of furan rings is 1. The summed E-state index contributed by atoms with van der Waals surface area (Å²) in [4.78, 5) is 0. The molecule has 0 aliphatic rings. The molecule has 0 saturated carbocycles. The van der Waals surface area contributed by atoms with Gasteiger partial charge in [-0.3, -0.25) is 0 Å². The first-order valence-electron chi connectivity index (χ1n) is 9.29. The van der Waals surface area contributed by atoms with Gasteiger partial charge < -0.3 is 4.42 Å². The zero-order valence-corrected chi connectivity index (χ0v) is 15.7. The van der Waals surface area contributed by atoms with Crippen LogP contribution in [0.1, 0.15) is 5.56 Å². The normalized spacial score (nSPS) is 11.4. The molecule has 0 amide bonds. The van der Waals surface area contributed by atoms with Crippen molar-refractivity contribution in [2.75, 3.05) is 0 Å². The Morgan fingerprint density at radius 2 is 1.46 bits per heavy atom. The van der Waals surface area contributed by atoms with Crippen molar-refractivity contribution in [3.8, 4) is 22.4 Å². The maximum Gasteiger partial charge on any atom is 0.212 e. The van der Waals surface area contributed by atoms with Crippen LogP contribution in [0.4, 0.5) is 4.39 Å². The predicted molar refractivity (Wildman–Crippen MR) is 110 cm³/mol. The van der Waals surface area contributed by atoms with E-state index >= 15 is 0 Å². The number of aryl methyl sites for hydroxylation is 2. The van der Waals surface area contributed by atoms with E-state index in [1.807, 2.05) is 55.7 Å². The van der Waals surface area contributed by atoms with E-state index in [1.54, 1.807) is 12.1 Å². The van der Waals surface area contributed by atoms with Crippen LogP contribution in [0.15, 0.2) is 83.4 Å². The summed E-state index contributed by atoms with van der Waals surface area (Å²) in [5.41, 5.74) is 6.21. The van der Waals surface area contributed by atoms with E-state index in [4.69, 9.17) is 4.42 Å². The Morgan fingerprint density at radius 1 is 0.786 bits per heavy atom. The Labute approximate surface area is 162 Å². The zero-order valence-electron chi connectivity index (χ0n) is 15.7. The van der Waals surface area contributed by atoms with Crippen LogP contribution in [-0.4, -0.2) is 0 Å². The predicted octanol–water partition coefficient (Wildman–Crippen LogP) is 6.19. The molecule has 0 spiro atoms. The van der Waals surface area contributed by atoms with Crippen LogP contribution in [0.25, 0.3) is 44.3 Å². The molecule has 28 heavy (non-hydrogen) atoms. The fourth-order valence-corrected chi connectivity index (χ4v) is 3.87. The van der Waals surface area contributed by atoms with Gasteiger partial charge in [0.25, 0.3) is 0 Å². The quantitative estimate of drug-likeness (QED) is 0.339. The molecule has 2 nitrogen and oxygen atoms in total. The van der Waals surface area contributed by atoms with E-state index in [2.05, 4.69) is 29.7 Å². The number of rotatable bonds is 2. The Hall–Kier alpha value is -3.46. The standard InChI is InChI=1S/C25H19FNO/c1-16-12-20-21-13-22(26)19(17-8-4-3-5-9-17)15-25(21)28-24(20)14-18(16)23-10-6-7-11-27(23)2/h3-15H,1-2H3/q+1. The van der Waals surface area contributed by atoms with Crippen molar-refractivity contribution in [2.45, 2.75) is 6.92 Å². The Balaban J connectivity index is 1.75. The molecule has 0 unspecified atom stereocenters. The van der Waals surface area contributed by atoms with Crippen LogP contribution in [0, 0.1) is 12.7 Å². The fraction of sp³-hybridized carbons (Fsp3) is 0.0800. The van der Waals surface area contributed by atoms with Crippen molar-refractivity contribution in [1.82, 2.24) is 0 Å². The maximum atomic E-state index is 14.9. The molecule has 0 fully saturated rings. The van der Waals surface area contributed by atoms with Gasteiger partial charge in [-0.2, -0.15) is 0 Å². The third kappa shape index (κ3) is 2.59. The minimum Gasteiger partial charge on any atom is -0.456 e. The lowest BCUT2D eigenvalue weighted by Crippen LogP contribution is -2.30. The first-order chi connectivity index (χ1) is 13.6. The summed E-state index contributed by atoms with van der Waals surface area (Å²) in [7, 11) is 2.03. The number of hydrogen-bond acceptors (Lipinski definition) is 1. The van der Waals surface area contributed by atoms with Gasteiger partial charge in [-0.25, -0.2) is 8.96 Å². The second kappa shape index (κ2) is 6.31. The molecule has 136 valence electrons.